The van der Waals surface area contributed by atoms with Crippen LogP contribution in [0.2, 0.25) is 0 Å². The third kappa shape index (κ3) is 5.40. The van der Waals surface area contributed by atoms with Crippen molar-refractivity contribution in [2.45, 2.75) is 31.1 Å². The van der Waals surface area contributed by atoms with E-state index in [0.717, 1.165) is 18.9 Å². The maximum Gasteiger partial charge on any atom is 0.241 e. The van der Waals surface area contributed by atoms with Gasteiger partial charge in [0, 0.05) is 36.7 Å². The van der Waals surface area contributed by atoms with Crippen molar-refractivity contribution in [1.82, 2.24) is 14.7 Å². The fourth-order valence-corrected chi connectivity index (χ4v) is 5.08. The summed E-state index contributed by atoms with van der Waals surface area (Å²) in [6, 6.07) is 8.68. The van der Waals surface area contributed by atoms with Gasteiger partial charge in [-0.2, -0.15) is 0 Å². The molecule has 27 heavy (non-hydrogen) atoms. The van der Waals surface area contributed by atoms with Crippen LogP contribution in [0.5, 0.6) is 0 Å². The molecule has 7 nitrogen and oxygen atoms in total. The van der Waals surface area contributed by atoms with Crippen LogP contribution in [0.25, 0.3) is 0 Å². The zero-order valence-corrected chi connectivity index (χ0v) is 17.7. The third-order valence-corrected chi connectivity index (χ3v) is 6.83. The maximum absolute atomic E-state index is 12.4. The van der Waals surface area contributed by atoms with Crippen LogP contribution in [0.4, 0.5) is 11.6 Å². The SMILES string of the molecule is Cc1nc(NCCNS(=O)(=O)c2ccccc2Br)cc(N2CCCCC2)n1. The van der Waals surface area contributed by atoms with Crippen molar-refractivity contribution in [2.75, 3.05) is 36.4 Å². The molecule has 1 saturated heterocycles. The van der Waals surface area contributed by atoms with Crippen LogP contribution in [0.3, 0.4) is 0 Å². The molecule has 2 aromatic rings. The highest BCUT2D eigenvalue weighted by Crippen LogP contribution is 2.21. The van der Waals surface area contributed by atoms with Gasteiger partial charge in [0.25, 0.3) is 0 Å². The second-order valence-electron chi connectivity index (χ2n) is 6.46. The van der Waals surface area contributed by atoms with Gasteiger partial charge < -0.3 is 10.2 Å². The first-order valence-corrected chi connectivity index (χ1v) is 11.3. The minimum Gasteiger partial charge on any atom is -0.369 e. The molecule has 0 radical (unpaired) electrons. The lowest BCUT2D eigenvalue weighted by Gasteiger charge is -2.28. The summed E-state index contributed by atoms with van der Waals surface area (Å²) < 4.78 is 27.9. The van der Waals surface area contributed by atoms with Crippen LogP contribution >= 0.6 is 15.9 Å². The molecule has 1 aliphatic rings. The summed E-state index contributed by atoms with van der Waals surface area (Å²) in [6.07, 6.45) is 3.63. The lowest BCUT2D eigenvalue weighted by molar-refractivity contribution is 0.572. The highest BCUT2D eigenvalue weighted by atomic mass is 79.9. The fourth-order valence-electron chi connectivity index (χ4n) is 3.04. The molecular formula is C18H24BrN5O2S. The molecule has 0 atom stereocenters. The number of hydrogen-bond acceptors (Lipinski definition) is 6. The van der Waals surface area contributed by atoms with Crippen LogP contribution in [-0.2, 0) is 10.0 Å². The summed E-state index contributed by atoms with van der Waals surface area (Å²) in [5.74, 6) is 2.34. The third-order valence-electron chi connectivity index (χ3n) is 4.35. The molecule has 0 aliphatic carbocycles. The van der Waals surface area contributed by atoms with Crippen LogP contribution in [0.15, 0.2) is 39.7 Å². The molecule has 0 bridgehead atoms. The minimum absolute atomic E-state index is 0.232. The largest absolute Gasteiger partial charge is 0.369 e. The van der Waals surface area contributed by atoms with E-state index in [-0.39, 0.29) is 11.4 Å². The molecule has 1 fully saturated rings. The van der Waals surface area contributed by atoms with Gasteiger partial charge in [0.2, 0.25) is 10.0 Å². The van der Waals surface area contributed by atoms with Crippen molar-refractivity contribution in [2.24, 2.45) is 0 Å². The van der Waals surface area contributed by atoms with E-state index in [1.165, 1.54) is 19.3 Å². The van der Waals surface area contributed by atoms with Gasteiger partial charge in [0.05, 0.1) is 4.90 Å². The number of benzene rings is 1. The Balaban J connectivity index is 1.57. The van der Waals surface area contributed by atoms with Crippen LogP contribution in [-0.4, -0.2) is 44.6 Å². The monoisotopic (exact) mass is 453 g/mol. The van der Waals surface area contributed by atoms with E-state index in [4.69, 9.17) is 0 Å². The number of rotatable bonds is 7. The van der Waals surface area contributed by atoms with Crippen LogP contribution in [0.1, 0.15) is 25.1 Å². The number of nitrogens with zero attached hydrogens (tertiary/aromatic N) is 3. The van der Waals surface area contributed by atoms with Gasteiger partial charge in [-0.1, -0.05) is 12.1 Å². The van der Waals surface area contributed by atoms with Gasteiger partial charge in [-0.15, -0.1) is 0 Å². The molecule has 0 spiro atoms. The maximum atomic E-state index is 12.4. The lowest BCUT2D eigenvalue weighted by Crippen LogP contribution is -2.31. The molecular weight excluding hydrogens is 430 g/mol. The number of nitrogens with one attached hydrogen (secondary N) is 2. The summed E-state index contributed by atoms with van der Waals surface area (Å²) in [5, 5.41) is 3.19. The molecule has 3 rings (SSSR count). The number of aromatic nitrogens is 2. The van der Waals surface area contributed by atoms with E-state index < -0.39 is 10.0 Å². The second kappa shape index (κ2) is 8.99. The number of anilines is 2. The first-order chi connectivity index (χ1) is 13.0. The molecule has 0 unspecified atom stereocenters. The van der Waals surface area contributed by atoms with Gasteiger partial charge >= 0.3 is 0 Å². The number of halogens is 1. The van der Waals surface area contributed by atoms with Crippen molar-refractivity contribution in [1.29, 1.82) is 0 Å². The van der Waals surface area contributed by atoms with Crippen molar-refractivity contribution in [3.8, 4) is 0 Å². The topological polar surface area (TPSA) is 87.2 Å². The average Bonchev–Trinajstić information content (AvgIpc) is 2.66. The molecule has 0 saturated carbocycles. The van der Waals surface area contributed by atoms with Gasteiger partial charge in [0.1, 0.15) is 17.5 Å². The Hall–Kier alpha value is -1.71. The molecule has 1 aromatic carbocycles. The van der Waals surface area contributed by atoms with Gasteiger partial charge in [-0.05, 0) is 54.2 Å². The molecule has 1 aliphatic heterocycles. The average molecular weight is 454 g/mol. The molecule has 0 amide bonds. The molecule has 146 valence electrons. The first-order valence-electron chi connectivity index (χ1n) is 9.04. The van der Waals surface area contributed by atoms with Crippen molar-refractivity contribution >= 4 is 37.6 Å². The van der Waals surface area contributed by atoms with E-state index in [2.05, 4.69) is 40.8 Å². The highest BCUT2D eigenvalue weighted by Gasteiger charge is 2.17. The Morgan fingerprint density at radius 2 is 1.85 bits per heavy atom. The zero-order chi connectivity index (χ0) is 19.3. The van der Waals surface area contributed by atoms with E-state index in [1.807, 2.05) is 13.0 Å². The summed E-state index contributed by atoms with van der Waals surface area (Å²) in [6.45, 7) is 4.59. The van der Waals surface area contributed by atoms with Crippen molar-refractivity contribution in [3.63, 3.8) is 0 Å². The zero-order valence-electron chi connectivity index (χ0n) is 15.3. The molecule has 1 aromatic heterocycles. The van der Waals surface area contributed by atoms with Crippen molar-refractivity contribution < 1.29 is 8.42 Å². The first kappa shape index (κ1) is 20.0. The minimum atomic E-state index is -3.56. The summed E-state index contributed by atoms with van der Waals surface area (Å²) >= 11 is 3.28. The fraction of sp³-hybridized carbons (Fsp3) is 0.444. The number of hydrogen-bond donors (Lipinski definition) is 2. The summed E-state index contributed by atoms with van der Waals surface area (Å²) in [7, 11) is -3.56. The Labute approximate surface area is 168 Å². The van der Waals surface area contributed by atoms with E-state index in [1.54, 1.807) is 24.3 Å². The van der Waals surface area contributed by atoms with E-state index in [9.17, 15) is 8.42 Å². The summed E-state index contributed by atoms with van der Waals surface area (Å²) in [5.41, 5.74) is 0. The van der Waals surface area contributed by atoms with Crippen LogP contribution < -0.4 is 14.9 Å². The predicted molar refractivity (Wildman–Crippen MR) is 111 cm³/mol. The number of piperidine rings is 1. The highest BCUT2D eigenvalue weighted by molar-refractivity contribution is 9.10. The van der Waals surface area contributed by atoms with Gasteiger partial charge in [-0.25, -0.2) is 23.1 Å². The number of sulfonamides is 1. The Bertz CT molecular complexity index is 885. The smallest absolute Gasteiger partial charge is 0.241 e. The summed E-state index contributed by atoms with van der Waals surface area (Å²) in [4.78, 5) is 11.4. The molecule has 2 heterocycles. The Morgan fingerprint density at radius 3 is 2.59 bits per heavy atom. The van der Waals surface area contributed by atoms with Gasteiger partial charge in [0.15, 0.2) is 0 Å². The van der Waals surface area contributed by atoms with Crippen molar-refractivity contribution in [3.05, 3.63) is 40.6 Å². The molecule has 9 heteroatoms. The Kier molecular flexibility index (Phi) is 6.67. The Morgan fingerprint density at radius 1 is 1.11 bits per heavy atom. The van der Waals surface area contributed by atoms with Crippen LogP contribution in [0, 0.1) is 6.92 Å². The predicted octanol–water partition coefficient (Wildman–Crippen LogP) is 2.93. The number of aryl methyl sites for hydroxylation is 1. The van der Waals surface area contributed by atoms with Gasteiger partial charge in [-0.3, -0.25) is 0 Å². The van der Waals surface area contributed by atoms with E-state index in [0.29, 0.717) is 22.7 Å². The second-order valence-corrected chi connectivity index (χ2v) is 9.05. The quantitative estimate of drug-likeness (QED) is 0.626. The normalized spacial score (nSPS) is 15.0. The molecule has 2 N–H and O–H groups in total. The van der Waals surface area contributed by atoms with E-state index >= 15 is 0 Å². The standard InChI is InChI=1S/C18H24BrN5O2S/c1-14-22-17(13-18(23-14)24-11-5-2-6-12-24)20-9-10-21-27(25,26)16-8-4-3-7-15(16)19/h3-4,7-8,13,21H,2,5-6,9-12H2,1H3,(H,20,22,23). The lowest BCUT2D eigenvalue weighted by atomic mass is 10.1.